The van der Waals surface area contributed by atoms with Crippen molar-refractivity contribution in [1.82, 2.24) is 5.32 Å². The van der Waals surface area contributed by atoms with Crippen LogP contribution in [0.2, 0.25) is 0 Å². The van der Waals surface area contributed by atoms with Crippen molar-refractivity contribution in [3.63, 3.8) is 0 Å². The molecule has 146 valence electrons. The van der Waals surface area contributed by atoms with Crippen LogP contribution in [-0.2, 0) is 9.59 Å². The standard InChI is InChI=1S/C21H22N2O5/c1-26-17-7-3-2-6-16(17)23-12-14(10-20(23)24)21(25)22-11-15-13-27-18-8-4-5-9-19(18)28-15/h2-9,14-15H,10-13H2,1H3,(H,22,25)/t14-,15-/m1/s1. The number of methoxy groups -OCH3 is 1. The van der Waals surface area contributed by atoms with Gasteiger partial charge in [-0.25, -0.2) is 0 Å². The first-order valence-electron chi connectivity index (χ1n) is 9.25. The Bertz CT molecular complexity index is 885. The van der Waals surface area contributed by atoms with Gasteiger partial charge in [0.25, 0.3) is 0 Å². The molecule has 2 aliphatic rings. The van der Waals surface area contributed by atoms with Crippen LogP contribution in [0.4, 0.5) is 5.69 Å². The van der Waals surface area contributed by atoms with Crippen molar-refractivity contribution in [3.05, 3.63) is 48.5 Å². The number of carbonyl (C=O) groups excluding carboxylic acids is 2. The molecule has 2 amide bonds. The third kappa shape index (κ3) is 3.60. The second-order valence-corrected chi connectivity index (χ2v) is 6.82. The van der Waals surface area contributed by atoms with Crippen LogP contribution in [0, 0.1) is 5.92 Å². The van der Waals surface area contributed by atoms with Gasteiger partial charge in [0.05, 0.1) is 25.3 Å². The number of nitrogens with one attached hydrogen (secondary N) is 1. The topological polar surface area (TPSA) is 77.1 Å². The van der Waals surface area contributed by atoms with E-state index in [0.717, 1.165) is 0 Å². The van der Waals surface area contributed by atoms with Crippen LogP contribution >= 0.6 is 0 Å². The lowest BCUT2D eigenvalue weighted by Crippen LogP contribution is -2.43. The number of anilines is 1. The number of benzene rings is 2. The highest BCUT2D eigenvalue weighted by molar-refractivity contribution is 6.01. The molecule has 0 radical (unpaired) electrons. The Kier molecular flexibility index (Phi) is 5.06. The lowest BCUT2D eigenvalue weighted by Gasteiger charge is -2.26. The minimum Gasteiger partial charge on any atom is -0.495 e. The molecule has 1 fully saturated rings. The van der Waals surface area contributed by atoms with Gasteiger partial charge in [0.15, 0.2) is 11.5 Å². The zero-order chi connectivity index (χ0) is 19.5. The summed E-state index contributed by atoms with van der Waals surface area (Å²) in [7, 11) is 1.56. The van der Waals surface area contributed by atoms with E-state index in [1.165, 1.54) is 0 Å². The number of carbonyl (C=O) groups is 2. The first-order chi connectivity index (χ1) is 13.7. The van der Waals surface area contributed by atoms with Crippen molar-refractivity contribution >= 4 is 17.5 Å². The predicted octanol–water partition coefficient (Wildman–Crippen LogP) is 2.00. The van der Waals surface area contributed by atoms with Gasteiger partial charge in [-0.15, -0.1) is 0 Å². The second-order valence-electron chi connectivity index (χ2n) is 6.82. The molecule has 0 unspecified atom stereocenters. The summed E-state index contributed by atoms with van der Waals surface area (Å²) in [5, 5.41) is 2.89. The Morgan fingerprint density at radius 3 is 2.75 bits per heavy atom. The van der Waals surface area contributed by atoms with Crippen molar-refractivity contribution in [1.29, 1.82) is 0 Å². The van der Waals surface area contributed by atoms with E-state index in [-0.39, 0.29) is 24.3 Å². The van der Waals surface area contributed by atoms with Crippen LogP contribution < -0.4 is 24.4 Å². The highest BCUT2D eigenvalue weighted by Crippen LogP contribution is 2.33. The molecule has 1 saturated heterocycles. The third-order valence-corrected chi connectivity index (χ3v) is 4.94. The van der Waals surface area contributed by atoms with Crippen molar-refractivity contribution in [2.24, 2.45) is 5.92 Å². The molecule has 2 aliphatic heterocycles. The SMILES string of the molecule is COc1ccccc1N1C[C@H](C(=O)NC[C@@H]2COc3ccccc3O2)CC1=O. The van der Waals surface area contributed by atoms with E-state index in [4.69, 9.17) is 14.2 Å². The third-order valence-electron chi connectivity index (χ3n) is 4.94. The molecule has 0 aromatic heterocycles. The number of hydrogen-bond acceptors (Lipinski definition) is 5. The molecule has 4 rings (SSSR count). The Morgan fingerprint density at radius 1 is 1.18 bits per heavy atom. The van der Waals surface area contributed by atoms with E-state index in [9.17, 15) is 9.59 Å². The van der Waals surface area contributed by atoms with Gasteiger partial charge in [-0.05, 0) is 24.3 Å². The number of rotatable bonds is 5. The second kappa shape index (κ2) is 7.80. The normalized spacial score (nSPS) is 20.8. The van der Waals surface area contributed by atoms with Crippen LogP contribution in [-0.4, -0.2) is 44.7 Å². The summed E-state index contributed by atoms with van der Waals surface area (Å²) < 4.78 is 16.8. The maximum Gasteiger partial charge on any atom is 0.227 e. The molecule has 0 spiro atoms. The smallest absolute Gasteiger partial charge is 0.227 e. The van der Waals surface area contributed by atoms with E-state index in [1.807, 2.05) is 42.5 Å². The monoisotopic (exact) mass is 382 g/mol. The van der Waals surface area contributed by atoms with Crippen molar-refractivity contribution < 1.29 is 23.8 Å². The van der Waals surface area contributed by atoms with Gasteiger partial charge in [0.1, 0.15) is 18.5 Å². The zero-order valence-corrected chi connectivity index (χ0v) is 15.6. The fraction of sp³-hybridized carbons (Fsp3) is 0.333. The number of para-hydroxylation sites is 4. The molecule has 2 aromatic carbocycles. The summed E-state index contributed by atoms with van der Waals surface area (Å²) >= 11 is 0. The Morgan fingerprint density at radius 2 is 1.93 bits per heavy atom. The van der Waals surface area contributed by atoms with Gasteiger partial charge < -0.3 is 24.4 Å². The van der Waals surface area contributed by atoms with E-state index in [1.54, 1.807) is 18.1 Å². The van der Waals surface area contributed by atoms with Crippen LogP contribution in [0.1, 0.15) is 6.42 Å². The molecule has 28 heavy (non-hydrogen) atoms. The van der Waals surface area contributed by atoms with Crippen molar-refractivity contribution in [2.75, 3.05) is 31.7 Å². The van der Waals surface area contributed by atoms with Gasteiger partial charge >= 0.3 is 0 Å². The lowest BCUT2D eigenvalue weighted by molar-refractivity contribution is -0.126. The molecule has 2 atom stereocenters. The predicted molar refractivity (Wildman–Crippen MR) is 103 cm³/mol. The molecule has 0 aliphatic carbocycles. The summed E-state index contributed by atoms with van der Waals surface area (Å²) in [6.45, 7) is 1.02. The summed E-state index contributed by atoms with van der Waals surface area (Å²) in [6.07, 6.45) is -0.0874. The number of fused-ring (bicyclic) bond motifs is 1. The average Bonchev–Trinajstić information content (AvgIpc) is 3.13. The van der Waals surface area contributed by atoms with Gasteiger partial charge in [-0.1, -0.05) is 24.3 Å². The molecule has 2 heterocycles. The first kappa shape index (κ1) is 18.2. The van der Waals surface area contributed by atoms with Crippen LogP contribution in [0.5, 0.6) is 17.2 Å². The maximum atomic E-state index is 12.6. The summed E-state index contributed by atoms with van der Waals surface area (Å²) in [5.41, 5.74) is 0.686. The molecule has 7 nitrogen and oxygen atoms in total. The first-order valence-corrected chi connectivity index (χ1v) is 9.25. The highest BCUT2D eigenvalue weighted by atomic mass is 16.6. The molecular weight excluding hydrogens is 360 g/mol. The van der Waals surface area contributed by atoms with Gasteiger partial charge in [-0.2, -0.15) is 0 Å². The van der Waals surface area contributed by atoms with Gasteiger partial charge in [-0.3, -0.25) is 9.59 Å². The van der Waals surface area contributed by atoms with Crippen LogP contribution in [0.25, 0.3) is 0 Å². The van der Waals surface area contributed by atoms with E-state index in [0.29, 0.717) is 42.6 Å². The highest BCUT2D eigenvalue weighted by Gasteiger charge is 2.36. The Balaban J connectivity index is 1.34. The Labute approximate surface area is 163 Å². The van der Waals surface area contributed by atoms with Crippen LogP contribution in [0.3, 0.4) is 0 Å². The molecular formula is C21H22N2O5. The quantitative estimate of drug-likeness (QED) is 0.856. The van der Waals surface area contributed by atoms with Crippen LogP contribution in [0.15, 0.2) is 48.5 Å². The lowest BCUT2D eigenvalue weighted by atomic mass is 10.1. The molecule has 2 aromatic rings. The number of ether oxygens (including phenoxy) is 3. The number of amides is 2. The maximum absolute atomic E-state index is 12.6. The van der Waals surface area contributed by atoms with Gasteiger partial charge in [0.2, 0.25) is 11.8 Å². The summed E-state index contributed by atoms with van der Waals surface area (Å²) in [5.74, 6) is 1.34. The van der Waals surface area contributed by atoms with Crippen molar-refractivity contribution in [3.8, 4) is 17.2 Å². The summed E-state index contributed by atoms with van der Waals surface area (Å²) in [4.78, 5) is 26.7. The fourth-order valence-electron chi connectivity index (χ4n) is 3.49. The number of hydrogen-bond donors (Lipinski definition) is 1. The number of nitrogens with zero attached hydrogens (tertiary/aromatic N) is 1. The minimum atomic E-state index is -0.408. The van der Waals surface area contributed by atoms with E-state index >= 15 is 0 Å². The molecule has 7 heteroatoms. The average molecular weight is 382 g/mol. The summed E-state index contributed by atoms with van der Waals surface area (Å²) in [6, 6.07) is 14.8. The Hall–Kier alpha value is -3.22. The minimum absolute atomic E-state index is 0.0872. The fourth-order valence-corrected chi connectivity index (χ4v) is 3.49. The molecule has 0 bridgehead atoms. The largest absolute Gasteiger partial charge is 0.495 e. The van der Waals surface area contributed by atoms with Crippen molar-refractivity contribution in [2.45, 2.75) is 12.5 Å². The molecule has 1 N–H and O–H groups in total. The zero-order valence-electron chi connectivity index (χ0n) is 15.6. The van der Waals surface area contributed by atoms with E-state index in [2.05, 4.69) is 5.32 Å². The van der Waals surface area contributed by atoms with E-state index < -0.39 is 5.92 Å². The van der Waals surface area contributed by atoms with Gasteiger partial charge in [0, 0.05) is 13.0 Å². The molecule has 0 saturated carbocycles.